The van der Waals surface area contributed by atoms with E-state index in [1.807, 2.05) is 0 Å². The Bertz CT molecular complexity index is 915. The van der Waals surface area contributed by atoms with Gasteiger partial charge in [0.05, 0.1) is 17.6 Å². The Hall–Kier alpha value is -2.44. The van der Waals surface area contributed by atoms with E-state index in [2.05, 4.69) is 0 Å². The van der Waals surface area contributed by atoms with E-state index in [9.17, 15) is 14.0 Å². The molecule has 122 valence electrons. The number of rotatable bonds is 5. The number of furan rings is 1. The summed E-state index contributed by atoms with van der Waals surface area (Å²) in [6, 6.07) is 8.69. The van der Waals surface area contributed by atoms with Crippen LogP contribution in [-0.2, 0) is 11.2 Å². The van der Waals surface area contributed by atoms with Gasteiger partial charge in [-0.25, -0.2) is 4.39 Å². The fraction of sp³-hybridized carbons (Fsp3) is 0.0588. The first-order valence-electron chi connectivity index (χ1n) is 6.84. The summed E-state index contributed by atoms with van der Waals surface area (Å²) in [6.45, 7) is 0. The molecule has 0 aliphatic rings. The van der Waals surface area contributed by atoms with E-state index in [4.69, 9.17) is 21.1 Å². The van der Waals surface area contributed by atoms with Gasteiger partial charge >= 0.3 is 5.97 Å². The summed E-state index contributed by atoms with van der Waals surface area (Å²) >= 11 is 6.78. The van der Waals surface area contributed by atoms with E-state index in [1.54, 1.807) is 6.07 Å². The third-order valence-corrected chi connectivity index (χ3v) is 4.74. The SMILES string of the molecule is O=C(O)Cc1cc(C(=O)c2ccco2)sc1-c1ccc(Cl)cc1F. The molecule has 0 bridgehead atoms. The molecule has 0 aliphatic heterocycles. The average molecular weight is 365 g/mol. The Balaban J connectivity index is 2.10. The van der Waals surface area contributed by atoms with E-state index in [0.29, 0.717) is 10.4 Å². The maximum absolute atomic E-state index is 14.2. The lowest BCUT2D eigenvalue weighted by Gasteiger charge is -2.04. The van der Waals surface area contributed by atoms with Crippen LogP contribution in [-0.4, -0.2) is 16.9 Å². The van der Waals surface area contributed by atoms with Gasteiger partial charge in [0.25, 0.3) is 0 Å². The number of halogens is 2. The van der Waals surface area contributed by atoms with E-state index < -0.39 is 11.8 Å². The summed E-state index contributed by atoms with van der Waals surface area (Å²) in [6.07, 6.45) is 1.05. The van der Waals surface area contributed by atoms with Gasteiger partial charge < -0.3 is 9.52 Å². The van der Waals surface area contributed by atoms with Crippen LogP contribution >= 0.6 is 22.9 Å². The second-order valence-electron chi connectivity index (χ2n) is 4.97. The predicted molar refractivity (Wildman–Crippen MR) is 88.2 cm³/mol. The van der Waals surface area contributed by atoms with Crippen LogP contribution in [0, 0.1) is 5.82 Å². The number of ketones is 1. The average Bonchev–Trinajstić information content (AvgIpc) is 3.16. The summed E-state index contributed by atoms with van der Waals surface area (Å²) in [5, 5.41) is 9.31. The van der Waals surface area contributed by atoms with Gasteiger partial charge in [0.2, 0.25) is 5.78 Å². The van der Waals surface area contributed by atoms with Gasteiger partial charge in [0.15, 0.2) is 5.76 Å². The molecule has 0 radical (unpaired) electrons. The van der Waals surface area contributed by atoms with Crippen molar-refractivity contribution in [1.82, 2.24) is 0 Å². The number of carboxylic acid groups (broad SMARTS) is 1. The first-order chi connectivity index (χ1) is 11.5. The van der Waals surface area contributed by atoms with Crippen molar-refractivity contribution in [2.24, 2.45) is 0 Å². The molecule has 24 heavy (non-hydrogen) atoms. The van der Waals surface area contributed by atoms with E-state index >= 15 is 0 Å². The Kier molecular flexibility index (Phi) is 4.51. The van der Waals surface area contributed by atoms with Crippen molar-refractivity contribution in [3.8, 4) is 10.4 Å². The standard InChI is InChI=1S/C17H10ClFO4S/c18-10-3-4-11(12(19)8-10)17-9(7-15(20)21)6-14(24-17)16(22)13-2-1-5-23-13/h1-6,8H,7H2,(H,20,21). The highest BCUT2D eigenvalue weighted by Gasteiger charge is 2.21. The van der Waals surface area contributed by atoms with Crippen molar-refractivity contribution in [3.05, 3.63) is 69.7 Å². The number of thiophene rings is 1. The van der Waals surface area contributed by atoms with Crippen LogP contribution in [0.2, 0.25) is 5.02 Å². The van der Waals surface area contributed by atoms with Gasteiger partial charge in [-0.05, 0) is 42.0 Å². The second-order valence-corrected chi connectivity index (χ2v) is 6.45. The Morgan fingerprint density at radius 3 is 2.67 bits per heavy atom. The van der Waals surface area contributed by atoms with Gasteiger partial charge in [0.1, 0.15) is 5.82 Å². The Labute approximate surface area is 145 Å². The molecule has 0 spiro atoms. The maximum Gasteiger partial charge on any atom is 0.307 e. The van der Waals surface area contributed by atoms with E-state index in [0.717, 1.165) is 17.4 Å². The van der Waals surface area contributed by atoms with E-state index in [-0.39, 0.29) is 33.4 Å². The fourth-order valence-corrected chi connectivity index (χ4v) is 3.58. The van der Waals surface area contributed by atoms with E-state index in [1.165, 1.54) is 30.5 Å². The monoisotopic (exact) mass is 364 g/mol. The summed E-state index contributed by atoms with van der Waals surface area (Å²) in [4.78, 5) is 24.1. The highest BCUT2D eigenvalue weighted by molar-refractivity contribution is 7.17. The number of aliphatic carboxylic acids is 1. The first-order valence-corrected chi connectivity index (χ1v) is 8.03. The molecule has 0 fully saturated rings. The molecule has 3 rings (SSSR count). The molecular weight excluding hydrogens is 355 g/mol. The van der Waals surface area contributed by atoms with Gasteiger partial charge in [-0.3, -0.25) is 9.59 Å². The summed E-state index contributed by atoms with van der Waals surface area (Å²) in [5.41, 5.74) is 0.572. The fourth-order valence-electron chi connectivity index (χ4n) is 2.27. The lowest BCUT2D eigenvalue weighted by Crippen LogP contribution is -2.00. The molecule has 4 nitrogen and oxygen atoms in total. The van der Waals surface area contributed by atoms with Crippen molar-refractivity contribution >= 4 is 34.7 Å². The van der Waals surface area contributed by atoms with Gasteiger partial charge in [0, 0.05) is 15.5 Å². The minimum atomic E-state index is -1.07. The van der Waals surface area contributed by atoms with Crippen molar-refractivity contribution < 1.29 is 23.5 Å². The molecule has 0 saturated carbocycles. The van der Waals surface area contributed by atoms with Crippen LogP contribution in [0.4, 0.5) is 4.39 Å². The van der Waals surface area contributed by atoms with Crippen LogP contribution in [0.1, 0.15) is 21.0 Å². The highest BCUT2D eigenvalue weighted by atomic mass is 35.5. The third kappa shape index (κ3) is 3.25. The number of hydrogen-bond donors (Lipinski definition) is 1. The quantitative estimate of drug-likeness (QED) is 0.669. The molecule has 0 amide bonds. The lowest BCUT2D eigenvalue weighted by atomic mass is 10.1. The predicted octanol–water partition coefficient (Wildman–Crippen LogP) is 4.66. The largest absolute Gasteiger partial charge is 0.481 e. The molecule has 1 N–H and O–H groups in total. The molecule has 0 atom stereocenters. The normalized spacial score (nSPS) is 10.8. The Morgan fingerprint density at radius 1 is 1.25 bits per heavy atom. The van der Waals surface area contributed by atoms with Crippen molar-refractivity contribution in [2.45, 2.75) is 6.42 Å². The minimum Gasteiger partial charge on any atom is -0.481 e. The van der Waals surface area contributed by atoms with Crippen LogP contribution < -0.4 is 0 Å². The first kappa shape index (κ1) is 16.4. The number of benzene rings is 1. The molecule has 3 aromatic rings. The van der Waals surface area contributed by atoms with Crippen LogP contribution in [0.25, 0.3) is 10.4 Å². The molecule has 0 aliphatic carbocycles. The molecule has 7 heteroatoms. The zero-order valence-corrected chi connectivity index (χ0v) is 13.7. The Morgan fingerprint density at radius 2 is 2.04 bits per heavy atom. The van der Waals surface area contributed by atoms with Crippen LogP contribution in [0.15, 0.2) is 47.1 Å². The number of carboxylic acids is 1. The summed E-state index contributed by atoms with van der Waals surface area (Å²) in [5.74, 6) is -1.88. The van der Waals surface area contributed by atoms with Crippen molar-refractivity contribution in [2.75, 3.05) is 0 Å². The second kappa shape index (κ2) is 6.59. The van der Waals surface area contributed by atoms with Gasteiger partial charge in [-0.1, -0.05) is 11.6 Å². The van der Waals surface area contributed by atoms with Crippen molar-refractivity contribution in [1.29, 1.82) is 0 Å². The van der Waals surface area contributed by atoms with Crippen LogP contribution in [0.5, 0.6) is 0 Å². The number of carbonyl (C=O) groups excluding carboxylic acids is 1. The molecule has 2 heterocycles. The van der Waals surface area contributed by atoms with Crippen molar-refractivity contribution in [3.63, 3.8) is 0 Å². The zero-order valence-electron chi connectivity index (χ0n) is 12.1. The molecule has 0 saturated heterocycles. The topological polar surface area (TPSA) is 67.5 Å². The molecule has 1 aromatic carbocycles. The molecular formula is C17H10ClFO4S. The third-order valence-electron chi connectivity index (χ3n) is 3.30. The molecule has 0 unspecified atom stereocenters. The highest BCUT2D eigenvalue weighted by Crippen LogP contribution is 2.36. The zero-order chi connectivity index (χ0) is 17.3. The summed E-state index contributed by atoms with van der Waals surface area (Å²) in [7, 11) is 0. The smallest absolute Gasteiger partial charge is 0.307 e. The van der Waals surface area contributed by atoms with Gasteiger partial charge in [-0.15, -0.1) is 11.3 Å². The lowest BCUT2D eigenvalue weighted by molar-refractivity contribution is -0.136. The van der Waals surface area contributed by atoms with Gasteiger partial charge in [-0.2, -0.15) is 0 Å². The minimum absolute atomic E-state index is 0.140. The molecule has 2 aromatic heterocycles. The maximum atomic E-state index is 14.2. The number of hydrogen-bond acceptors (Lipinski definition) is 4. The van der Waals surface area contributed by atoms with Crippen LogP contribution in [0.3, 0.4) is 0 Å². The number of carbonyl (C=O) groups is 2. The summed E-state index contributed by atoms with van der Waals surface area (Å²) < 4.78 is 19.3.